The van der Waals surface area contributed by atoms with Gasteiger partial charge in [0, 0.05) is 30.8 Å². The molecule has 1 heterocycles. The van der Waals surface area contributed by atoms with E-state index >= 15 is 0 Å². The van der Waals surface area contributed by atoms with Gasteiger partial charge >= 0.3 is 0 Å². The minimum absolute atomic E-state index is 0.0852. The van der Waals surface area contributed by atoms with Crippen LogP contribution in [0, 0.1) is 0 Å². The Morgan fingerprint density at radius 3 is 2.31 bits per heavy atom. The SMILES string of the molecule is CCOc1cc(C(=O)NCc2ccc(C(=O)N3CCCCC3)cc2)ccc1OC. The van der Waals surface area contributed by atoms with Crippen LogP contribution in [0.4, 0.5) is 0 Å². The van der Waals surface area contributed by atoms with Gasteiger partial charge in [-0.3, -0.25) is 9.59 Å². The number of rotatable bonds is 7. The predicted molar refractivity (Wildman–Crippen MR) is 112 cm³/mol. The van der Waals surface area contributed by atoms with Crippen molar-refractivity contribution < 1.29 is 19.1 Å². The minimum Gasteiger partial charge on any atom is -0.493 e. The number of likely N-dealkylation sites (tertiary alicyclic amines) is 1. The van der Waals surface area contributed by atoms with Gasteiger partial charge in [-0.1, -0.05) is 12.1 Å². The average molecular weight is 396 g/mol. The molecule has 1 aliphatic heterocycles. The normalized spacial score (nSPS) is 13.7. The molecular formula is C23H28N2O4. The first-order valence-corrected chi connectivity index (χ1v) is 10.1. The molecule has 3 rings (SSSR count). The van der Waals surface area contributed by atoms with Gasteiger partial charge in [0.05, 0.1) is 13.7 Å². The summed E-state index contributed by atoms with van der Waals surface area (Å²) in [5, 5.41) is 2.90. The number of methoxy groups -OCH3 is 1. The highest BCUT2D eigenvalue weighted by Crippen LogP contribution is 2.28. The maximum absolute atomic E-state index is 12.5. The first kappa shape index (κ1) is 20.7. The van der Waals surface area contributed by atoms with Crippen LogP contribution in [0.5, 0.6) is 11.5 Å². The number of ether oxygens (including phenoxy) is 2. The zero-order valence-corrected chi connectivity index (χ0v) is 17.1. The fourth-order valence-electron chi connectivity index (χ4n) is 3.42. The second-order valence-corrected chi connectivity index (χ2v) is 7.03. The minimum atomic E-state index is -0.193. The van der Waals surface area contributed by atoms with Crippen molar-refractivity contribution >= 4 is 11.8 Å². The molecule has 0 unspecified atom stereocenters. The van der Waals surface area contributed by atoms with E-state index in [2.05, 4.69) is 5.32 Å². The van der Waals surface area contributed by atoms with Gasteiger partial charge in [-0.25, -0.2) is 0 Å². The standard InChI is InChI=1S/C23H28N2O4/c1-3-29-21-15-19(11-12-20(21)28-2)22(26)24-16-17-7-9-18(10-8-17)23(27)25-13-5-4-6-14-25/h7-12,15H,3-6,13-14,16H2,1-2H3,(H,24,26). The number of amides is 2. The Balaban J connectivity index is 1.59. The van der Waals surface area contributed by atoms with Crippen molar-refractivity contribution in [2.45, 2.75) is 32.7 Å². The van der Waals surface area contributed by atoms with Crippen molar-refractivity contribution in [2.75, 3.05) is 26.8 Å². The summed E-state index contributed by atoms with van der Waals surface area (Å²) in [6.45, 7) is 4.42. The monoisotopic (exact) mass is 396 g/mol. The van der Waals surface area contributed by atoms with Crippen LogP contribution < -0.4 is 14.8 Å². The second-order valence-electron chi connectivity index (χ2n) is 7.03. The first-order chi connectivity index (χ1) is 14.1. The van der Waals surface area contributed by atoms with Crippen LogP contribution >= 0.6 is 0 Å². The van der Waals surface area contributed by atoms with Gasteiger partial charge in [0.25, 0.3) is 11.8 Å². The lowest BCUT2D eigenvalue weighted by Gasteiger charge is -2.26. The van der Waals surface area contributed by atoms with Crippen molar-refractivity contribution in [1.29, 1.82) is 0 Å². The third-order valence-electron chi connectivity index (χ3n) is 5.02. The van der Waals surface area contributed by atoms with Crippen LogP contribution in [0.1, 0.15) is 52.5 Å². The topological polar surface area (TPSA) is 67.9 Å². The van der Waals surface area contributed by atoms with Crippen LogP contribution in [-0.2, 0) is 6.54 Å². The lowest BCUT2D eigenvalue weighted by molar-refractivity contribution is 0.0724. The molecule has 2 aromatic carbocycles. The van der Waals surface area contributed by atoms with Crippen molar-refractivity contribution in [2.24, 2.45) is 0 Å². The molecule has 1 fully saturated rings. The maximum Gasteiger partial charge on any atom is 0.253 e. The smallest absolute Gasteiger partial charge is 0.253 e. The molecule has 29 heavy (non-hydrogen) atoms. The molecule has 0 bridgehead atoms. The maximum atomic E-state index is 12.5. The number of nitrogens with one attached hydrogen (secondary N) is 1. The number of piperidine rings is 1. The third-order valence-corrected chi connectivity index (χ3v) is 5.02. The summed E-state index contributed by atoms with van der Waals surface area (Å²) in [5.74, 6) is 1.03. The summed E-state index contributed by atoms with van der Waals surface area (Å²) < 4.78 is 10.8. The van der Waals surface area contributed by atoms with Gasteiger partial charge in [0.2, 0.25) is 0 Å². The number of carbonyl (C=O) groups excluding carboxylic acids is 2. The number of benzene rings is 2. The molecule has 1 aliphatic rings. The lowest BCUT2D eigenvalue weighted by Crippen LogP contribution is -2.35. The van der Waals surface area contributed by atoms with Gasteiger partial charge in [-0.2, -0.15) is 0 Å². The molecule has 0 aliphatic carbocycles. The van der Waals surface area contributed by atoms with Gasteiger partial charge in [-0.15, -0.1) is 0 Å². The van der Waals surface area contributed by atoms with Crippen LogP contribution in [0.25, 0.3) is 0 Å². The fraction of sp³-hybridized carbons (Fsp3) is 0.391. The van der Waals surface area contributed by atoms with Crippen LogP contribution in [-0.4, -0.2) is 43.5 Å². The summed E-state index contributed by atoms with van der Waals surface area (Å²) >= 11 is 0. The van der Waals surface area contributed by atoms with E-state index in [9.17, 15) is 9.59 Å². The van der Waals surface area contributed by atoms with Crippen molar-refractivity contribution in [3.8, 4) is 11.5 Å². The Morgan fingerprint density at radius 2 is 1.66 bits per heavy atom. The van der Waals surface area contributed by atoms with E-state index in [0.29, 0.717) is 35.8 Å². The highest BCUT2D eigenvalue weighted by molar-refractivity contribution is 5.95. The summed E-state index contributed by atoms with van der Waals surface area (Å²) in [5.41, 5.74) is 2.14. The van der Waals surface area contributed by atoms with E-state index in [1.165, 1.54) is 6.42 Å². The molecule has 6 heteroatoms. The van der Waals surface area contributed by atoms with E-state index in [-0.39, 0.29) is 11.8 Å². The highest BCUT2D eigenvalue weighted by Gasteiger charge is 2.18. The zero-order valence-electron chi connectivity index (χ0n) is 17.1. The first-order valence-electron chi connectivity index (χ1n) is 10.1. The summed E-state index contributed by atoms with van der Waals surface area (Å²) in [6, 6.07) is 12.5. The molecule has 0 radical (unpaired) electrons. The van der Waals surface area contributed by atoms with Gasteiger partial charge in [-0.05, 0) is 62.1 Å². The molecule has 0 spiro atoms. The summed E-state index contributed by atoms with van der Waals surface area (Å²) in [4.78, 5) is 26.9. The van der Waals surface area contributed by atoms with Crippen molar-refractivity contribution in [3.05, 3.63) is 59.2 Å². The van der Waals surface area contributed by atoms with Gasteiger partial charge in [0.15, 0.2) is 11.5 Å². The largest absolute Gasteiger partial charge is 0.493 e. The Kier molecular flexibility index (Phi) is 7.11. The number of carbonyl (C=O) groups is 2. The van der Waals surface area contributed by atoms with Crippen LogP contribution in [0.3, 0.4) is 0 Å². The van der Waals surface area contributed by atoms with E-state index in [1.54, 1.807) is 25.3 Å². The molecule has 6 nitrogen and oxygen atoms in total. The average Bonchev–Trinajstić information content (AvgIpc) is 2.78. The Morgan fingerprint density at radius 1 is 0.966 bits per heavy atom. The van der Waals surface area contributed by atoms with Crippen LogP contribution in [0.15, 0.2) is 42.5 Å². The third kappa shape index (κ3) is 5.28. The Hall–Kier alpha value is -3.02. The molecule has 154 valence electrons. The second kappa shape index (κ2) is 9.96. The predicted octanol–water partition coefficient (Wildman–Crippen LogP) is 3.65. The highest BCUT2D eigenvalue weighted by atomic mass is 16.5. The molecule has 2 aromatic rings. The molecule has 0 saturated carbocycles. The Bertz CT molecular complexity index is 842. The van der Waals surface area contributed by atoms with E-state index in [4.69, 9.17) is 9.47 Å². The van der Waals surface area contributed by atoms with E-state index in [1.807, 2.05) is 36.1 Å². The summed E-state index contributed by atoms with van der Waals surface area (Å²) in [7, 11) is 1.57. The van der Waals surface area contributed by atoms with E-state index < -0.39 is 0 Å². The molecule has 1 saturated heterocycles. The fourth-order valence-corrected chi connectivity index (χ4v) is 3.42. The molecule has 0 aromatic heterocycles. The van der Waals surface area contributed by atoms with Gasteiger partial charge in [0.1, 0.15) is 0 Å². The molecule has 1 N–H and O–H groups in total. The zero-order chi connectivity index (χ0) is 20.6. The van der Waals surface area contributed by atoms with Crippen molar-refractivity contribution in [1.82, 2.24) is 10.2 Å². The van der Waals surface area contributed by atoms with Crippen LogP contribution in [0.2, 0.25) is 0 Å². The van der Waals surface area contributed by atoms with Gasteiger partial charge < -0.3 is 19.7 Å². The molecular weight excluding hydrogens is 368 g/mol. The number of hydrogen-bond donors (Lipinski definition) is 1. The quantitative estimate of drug-likeness (QED) is 0.776. The molecule has 0 atom stereocenters. The summed E-state index contributed by atoms with van der Waals surface area (Å²) in [6.07, 6.45) is 3.35. The van der Waals surface area contributed by atoms with E-state index in [0.717, 1.165) is 31.5 Å². The Labute approximate surface area is 171 Å². The van der Waals surface area contributed by atoms with Crippen molar-refractivity contribution in [3.63, 3.8) is 0 Å². The molecule has 2 amide bonds. The lowest BCUT2D eigenvalue weighted by atomic mass is 10.1. The number of nitrogens with zero attached hydrogens (tertiary/aromatic N) is 1. The number of hydrogen-bond acceptors (Lipinski definition) is 4.